The Hall–Kier alpha value is -4.29. The second-order valence-electron chi connectivity index (χ2n) is 10.4. The molecule has 230 valence electrons. The van der Waals surface area contributed by atoms with Gasteiger partial charge in [0, 0.05) is 46.4 Å². The van der Waals surface area contributed by atoms with E-state index in [-0.39, 0.29) is 25.3 Å². The number of alkyl halides is 3. The molecule has 1 amide bonds. The summed E-state index contributed by atoms with van der Waals surface area (Å²) in [5.41, 5.74) is 2.15. The van der Waals surface area contributed by atoms with Gasteiger partial charge in [-0.2, -0.15) is 13.2 Å². The summed E-state index contributed by atoms with van der Waals surface area (Å²) in [6.07, 6.45) is -5.49. The third-order valence-electron chi connectivity index (χ3n) is 7.35. The molecular weight excluding hydrogens is 609 g/mol. The summed E-state index contributed by atoms with van der Waals surface area (Å²) in [5, 5.41) is 13.2. The molecule has 7 nitrogen and oxygen atoms in total. The van der Waals surface area contributed by atoms with Crippen LogP contribution in [0.1, 0.15) is 21.5 Å². The van der Waals surface area contributed by atoms with Crippen LogP contribution in [0.4, 0.5) is 27.6 Å². The van der Waals surface area contributed by atoms with Gasteiger partial charge >= 0.3 is 12.1 Å². The minimum atomic E-state index is -4.67. The fraction of sp³-hybridized carbons (Fsp3) is 0.258. The van der Waals surface area contributed by atoms with Crippen molar-refractivity contribution in [1.29, 1.82) is 0 Å². The molecule has 2 atom stereocenters. The van der Waals surface area contributed by atoms with Gasteiger partial charge in [-0.3, -0.25) is 9.78 Å². The largest absolute Gasteiger partial charge is 0.480 e. The number of carbonyl (C=O) groups is 2. The topological polar surface area (TPSA) is 91.8 Å². The van der Waals surface area contributed by atoms with Crippen LogP contribution in [0.5, 0.6) is 0 Å². The van der Waals surface area contributed by atoms with Gasteiger partial charge in [-0.25, -0.2) is 13.6 Å². The molecule has 1 aromatic heterocycles. The lowest BCUT2D eigenvalue weighted by molar-refractivity contribution is -0.221. The number of rotatable bonds is 7. The molecule has 0 unspecified atom stereocenters. The average Bonchev–Trinajstić information content (AvgIpc) is 2.96. The average molecular weight is 634 g/mol. The molecular formula is C31H25ClF5N3O4. The first-order valence-corrected chi connectivity index (χ1v) is 13.8. The second kappa shape index (κ2) is 12.4. The van der Waals surface area contributed by atoms with Gasteiger partial charge in [-0.15, -0.1) is 0 Å². The van der Waals surface area contributed by atoms with E-state index in [0.29, 0.717) is 27.1 Å². The van der Waals surface area contributed by atoms with E-state index in [2.05, 4.69) is 10.3 Å². The smallest absolute Gasteiger partial charge is 0.416 e. The lowest BCUT2D eigenvalue weighted by Gasteiger charge is -2.35. The first kappa shape index (κ1) is 31.1. The van der Waals surface area contributed by atoms with E-state index in [9.17, 15) is 27.9 Å². The minimum absolute atomic E-state index is 0.0597. The third-order valence-corrected chi connectivity index (χ3v) is 7.67. The molecule has 0 spiro atoms. The Labute approximate surface area is 253 Å². The molecule has 1 aliphatic rings. The Balaban J connectivity index is 1.39. The zero-order chi connectivity index (χ0) is 31.8. The fourth-order valence-electron chi connectivity index (χ4n) is 5.16. The van der Waals surface area contributed by atoms with E-state index in [4.69, 9.17) is 16.3 Å². The predicted molar refractivity (Wildman–Crippen MR) is 154 cm³/mol. The number of benzene rings is 3. The Bertz CT molecular complexity index is 1730. The Morgan fingerprint density at radius 3 is 2.48 bits per heavy atom. The first-order valence-electron chi connectivity index (χ1n) is 13.4. The fourth-order valence-corrected chi connectivity index (χ4v) is 5.49. The van der Waals surface area contributed by atoms with Crippen molar-refractivity contribution in [3.05, 3.63) is 94.1 Å². The highest BCUT2D eigenvalue weighted by Gasteiger charge is 2.43. The number of pyridine rings is 1. The van der Waals surface area contributed by atoms with Crippen LogP contribution in [-0.4, -0.2) is 60.0 Å². The van der Waals surface area contributed by atoms with Crippen molar-refractivity contribution in [2.45, 2.75) is 31.7 Å². The SMILES string of the molecule is Cc1ccc(-c2ccc(C[C@H](NC(=O)c3c(F)cc(N4CCO[C@H](C(F)(F)F)C4)cc3F)C(=O)O)c3cccnc23)c(Cl)c1. The number of morpholine rings is 1. The summed E-state index contributed by atoms with van der Waals surface area (Å²) in [7, 11) is 0. The number of aliphatic carboxylic acids is 1. The summed E-state index contributed by atoms with van der Waals surface area (Å²) >= 11 is 6.48. The molecule has 44 heavy (non-hydrogen) atoms. The van der Waals surface area contributed by atoms with Crippen molar-refractivity contribution in [3.8, 4) is 11.1 Å². The standard InChI is InChI=1S/C31H25ClF5N3O4/c1-16-4-6-20(22(32)11-16)21-7-5-17(19-3-2-8-38-28(19)21)12-25(30(42)43)39-29(41)27-23(33)13-18(14-24(27)34)40-9-10-44-26(15-40)31(35,36)37/h2-8,11,13-14,25-26H,9-10,12,15H2,1H3,(H,39,41)(H,42,43)/t25-,26-/m0/s1. The number of fused-ring (bicyclic) bond motifs is 1. The van der Waals surface area contributed by atoms with Gasteiger partial charge in [-0.05, 0) is 42.3 Å². The van der Waals surface area contributed by atoms with Crippen LogP contribution in [-0.2, 0) is 16.0 Å². The number of ether oxygens (including phenoxy) is 1. The molecule has 0 aliphatic carbocycles. The summed E-state index contributed by atoms with van der Waals surface area (Å²) in [5.74, 6) is -5.50. The molecule has 2 heterocycles. The number of carbonyl (C=O) groups excluding carboxylic acids is 1. The van der Waals surface area contributed by atoms with Gasteiger partial charge in [-0.1, -0.05) is 41.9 Å². The lowest BCUT2D eigenvalue weighted by Crippen LogP contribution is -2.49. The maximum absolute atomic E-state index is 15.0. The summed E-state index contributed by atoms with van der Waals surface area (Å²) in [4.78, 5) is 30.7. The van der Waals surface area contributed by atoms with E-state index in [1.165, 1.54) is 0 Å². The lowest BCUT2D eigenvalue weighted by atomic mass is 9.94. The Kier molecular flexibility index (Phi) is 8.76. The normalized spacial score (nSPS) is 16.2. The van der Waals surface area contributed by atoms with Gasteiger partial charge in [0.05, 0.1) is 18.7 Å². The third kappa shape index (κ3) is 6.46. The van der Waals surface area contributed by atoms with Crippen LogP contribution in [0.3, 0.4) is 0 Å². The number of aryl methyl sites for hydroxylation is 1. The maximum atomic E-state index is 15.0. The number of anilines is 1. The van der Waals surface area contributed by atoms with Crippen LogP contribution < -0.4 is 10.2 Å². The van der Waals surface area contributed by atoms with Crippen LogP contribution in [0.15, 0.2) is 60.8 Å². The van der Waals surface area contributed by atoms with Crippen LogP contribution in [0.2, 0.25) is 5.02 Å². The highest BCUT2D eigenvalue weighted by Crippen LogP contribution is 2.35. The molecule has 0 radical (unpaired) electrons. The highest BCUT2D eigenvalue weighted by molar-refractivity contribution is 6.33. The van der Waals surface area contributed by atoms with Gasteiger partial charge in [0.2, 0.25) is 0 Å². The number of hydrogen-bond acceptors (Lipinski definition) is 5. The number of nitrogens with zero attached hydrogens (tertiary/aromatic N) is 2. The maximum Gasteiger partial charge on any atom is 0.416 e. The molecule has 3 aromatic carbocycles. The molecule has 1 aliphatic heterocycles. The number of carboxylic acid groups (broad SMARTS) is 1. The summed E-state index contributed by atoms with van der Waals surface area (Å²) < 4.78 is 74.1. The molecule has 2 N–H and O–H groups in total. The Morgan fingerprint density at radius 2 is 1.82 bits per heavy atom. The monoisotopic (exact) mass is 633 g/mol. The van der Waals surface area contributed by atoms with Crippen LogP contribution >= 0.6 is 11.6 Å². The zero-order valence-corrected chi connectivity index (χ0v) is 23.8. The van der Waals surface area contributed by atoms with Crippen LogP contribution in [0, 0.1) is 18.6 Å². The molecule has 0 saturated carbocycles. The molecule has 13 heteroatoms. The molecule has 0 bridgehead atoms. The van der Waals surface area contributed by atoms with Gasteiger partial charge in [0.1, 0.15) is 23.2 Å². The number of hydrogen-bond donors (Lipinski definition) is 2. The van der Waals surface area contributed by atoms with E-state index in [1.54, 1.807) is 36.5 Å². The van der Waals surface area contributed by atoms with E-state index in [1.807, 2.05) is 19.1 Å². The van der Waals surface area contributed by atoms with E-state index >= 15 is 8.78 Å². The predicted octanol–water partition coefficient (Wildman–Crippen LogP) is 6.34. The number of halogens is 6. The molecule has 4 aromatic rings. The number of aromatic nitrogens is 1. The molecule has 5 rings (SSSR count). The van der Waals surface area contributed by atoms with Crippen molar-refractivity contribution in [2.24, 2.45) is 0 Å². The second-order valence-corrected chi connectivity index (χ2v) is 10.8. The van der Waals surface area contributed by atoms with Crippen molar-refractivity contribution in [3.63, 3.8) is 0 Å². The number of amides is 1. The van der Waals surface area contributed by atoms with Gasteiger partial charge < -0.3 is 20.1 Å². The molecule has 1 saturated heterocycles. The van der Waals surface area contributed by atoms with Crippen molar-refractivity contribution in [2.75, 3.05) is 24.6 Å². The number of carboxylic acids is 1. The van der Waals surface area contributed by atoms with E-state index in [0.717, 1.165) is 28.2 Å². The van der Waals surface area contributed by atoms with Gasteiger partial charge in [0.15, 0.2) is 6.10 Å². The minimum Gasteiger partial charge on any atom is -0.480 e. The van der Waals surface area contributed by atoms with Crippen molar-refractivity contribution in [1.82, 2.24) is 10.3 Å². The Morgan fingerprint density at radius 1 is 1.11 bits per heavy atom. The summed E-state index contributed by atoms with van der Waals surface area (Å²) in [6.45, 7) is 0.833. The first-order chi connectivity index (χ1) is 20.8. The quantitative estimate of drug-likeness (QED) is 0.231. The summed E-state index contributed by atoms with van der Waals surface area (Å²) in [6, 6.07) is 12.2. The van der Waals surface area contributed by atoms with Crippen LogP contribution in [0.25, 0.3) is 22.0 Å². The van der Waals surface area contributed by atoms with Crippen molar-refractivity contribution < 1.29 is 41.4 Å². The molecule has 1 fully saturated rings. The van der Waals surface area contributed by atoms with E-state index < -0.39 is 53.9 Å². The van der Waals surface area contributed by atoms with Gasteiger partial charge in [0.25, 0.3) is 5.91 Å². The highest BCUT2D eigenvalue weighted by atomic mass is 35.5. The number of nitrogens with one attached hydrogen (secondary N) is 1. The van der Waals surface area contributed by atoms with Crippen molar-refractivity contribution >= 4 is 40.1 Å². The zero-order valence-electron chi connectivity index (χ0n) is 23.1.